The van der Waals surface area contributed by atoms with E-state index in [1.807, 2.05) is 6.07 Å². The summed E-state index contributed by atoms with van der Waals surface area (Å²) in [4.78, 5) is -0.195. The number of nitrogens with zero attached hydrogens (tertiary/aromatic N) is 2. The molecule has 84 valence electrons. The zero-order chi connectivity index (χ0) is 11.8. The van der Waals surface area contributed by atoms with Gasteiger partial charge < -0.3 is 0 Å². The molecule has 1 heterocycles. The Hall–Kier alpha value is -1.04. The Morgan fingerprint density at radius 3 is 2.31 bits per heavy atom. The quantitative estimate of drug-likeness (QED) is 0.792. The summed E-state index contributed by atoms with van der Waals surface area (Å²) in [6.45, 7) is 0. The summed E-state index contributed by atoms with van der Waals surface area (Å²) in [5, 5.41) is 3.85. The van der Waals surface area contributed by atoms with Crippen molar-refractivity contribution < 1.29 is 8.42 Å². The summed E-state index contributed by atoms with van der Waals surface area (Å²) in [6.07, 6.45) is 1.12. The maximum Gasteiger partial charge on any atom is 0.265 e. The molecule has 0 amide bonds. The molecule has 0 bridgehead atoms. The van der Waals surface area contributed by atoms with E-state index in [0.29, 0.717) is 5.69 Å². The molecular formula is C9H6Cl2N2O2S. The Kier molecular flexibility index (Phi) is 2.92. The van der Waals surface area contributed by atoms with Crippen LogP contribution >= 0.6 is 22.3 Å². The molecule has 2 aromatic rings. The fourth-order valence-electron chi connectivity index (χ4n) is 1.23. The summed E-state index contributed by atoms with van der Waals surface area (Å²) in [6, 6.07) is 8.93. The molecule has 0 saturated heterocycles. The maximum absolute atomic E-state index is 11.1. The summed E-state index contributed by atoms with van der Waals surface area (Å²) in [5.41, 5.74) is 0.666. The van der Waals surface area contributed by atoms with Crippen LogP contribution in [0.25, 0.3) is 5.69 Å². The second-order valence-electron chi connectivity index (χ2n) is 2.98. The van der Waals surface area contributed by atoms with Crippen molar-refractivity contribution in [3.63, 3.8) is 0 Å². The fourth-order valence-corrected chi connectivity index (χ4v) is 2.64. The van der Waals surface area contributed by atoms with Crippen molar-refractivity contribution in [2.45, 2.75) is 4.90 Å². The van der Waals surface area contributed by atoms with E-state index < -0.39 is 9.05 Å². The van der Waals surface area contributed by atoms with Gasteiger partial charge in [0.25, 0.3) is 9.05 Å². The topological polar surface area (TPSA) is 52.0 Å². The van der Waals surface area contributed by atoms with Crippen molar-refractivity contribution >= 4 is 31.3 Å². The predicted octanol–water partition coefficient (Wildman–Crippen LogP) is 2.45. The van der Waals surface area contributed by atoms with Crippen molar-refractivity contribution in [2.75, 3.05) is 0 Å². The zero-order valence-electron chi connectivity index (χ0n) is 7.84. The summed E-state index contributed by atoms with van der Waals surface area (Å²) < 4.78 is 23.6. The van der Waals surface area contributed by atoms with Crippen LogP contribution in [-0.2, 0) is 9.05 Å². The van der Waals surface area contributed by atoms with Crippen LogP contribution in [0.5, 0.6) is 0 Å². The van der Waals surface area contributed by atoms with Crippen LogP contribution in [0, 0.1) is 0 Å². The van der Waals surface area contributed by atoms with Gasteiger partial charge in [-0.2, -0.15) is 5.10 Å². The van der Waals surface area contributed by atoms with E-state index in [1.54, 1.807) is 24.3 Å². The van der Waals surface area contributed by atoms with Gasteiger partial charge in [-0.25, -0.2) is 13.1 Å². The number of para-hydroxylation sites is 1. The van der Waals surface area contributed by atoms with Crippen LogP contribution in [-0.4, -0.2) is 18.2 Å². The van der Waals surface area contributed by atoms with Gasteiger partial charge in [-0.05, 0) is 12.1 Å². The molecule has 0 aliphatic carbocycles. The molecule has 0 atom stereocenters. The first kappa shape index (κ1) is 11.4. The lowest BCUT2D eigenvalue weighted by Crippen LogP contribution is -1.96. The van der Waals surface area contributed by atoms with E-state index >= 15 is 0 Å². The van der Waals surface area contributed by atoms with Gasteiger partial charge in [0.1, 0.15) is 4.90 Å². The first-order valence-corrected chi connectivity index (χ1v) is 6.92. The highest BCUT2D eigenvalue weighted by molar-refractivity contribution is 8.13. The number of hydrogen-bond donors (Lipinski definition) is 0. The number of rotatable bonds is 2. The molecule has 2 rings (SSSR count). The molecule has 1 aromatic heterocycles. The van der Waals surface area contributed by atoms with Crippen molar-refractivity contribution in [1.29, 1.82) is 0 Å². The van der Waals surface area contributed by atoms with Crippen molar-refractivity contribution in [1.82, 2.24) is 9.78 Å². The molecule has 0 aliphatic heterocycles. The van der Waals surface area contributed by atoms with E-state index in [-0.39, 0.29) is 10.0 Å². The van der Waals surface area contributed by atoms with Gasteiger partial charge in [0.2, 0.25) is 0 Å². The zero-order valence-corrected chi connectivity index (χ0v) is 10.2. The van der Waals surface area contributed by atoms with Gasteiger partial charge in [0.15, 0.2) is 5.15 Å². The van der Waals surface area contributed by atoms with Crippen LogP contribution in [0.3, 0.4) is 0 Å². The average Bonchev–Trinajstić information content (AvgIpc) is 2.61. The van der Waals surface area contributed by atoms with Crippen molar-refractivity contribution in [3.8, 4) is 5.69 Å². The fraction of sp³-hybridized carbons (Fsp3) is 0. The lowest BCUT2D eigenvalue weighted by molar-refractivity contribution is 0.609. The molecule has 16 heavy (non-hydrogen) atoms. The van der Waals surface area contributed by atoms with Gasteiger partial charge in [0, 0.05) is 10.7 Å². The Morgan fingerprint density at radius 1 is 1.19 bits per heavy atom. The first-order valence-electron chi connectivity index (χ1n) is 4.24. The highest BCUT2D eigenvalue weighted by Gasteiger charge is 2.20. The smallest absolute Gasteiger partial charge is 0.221 e. The number of benzene rings is 1. The van der Waals surface area contributed by atoms with E-state index in [0.717, 1.165) is 6.20 Å². The predicted molar refractivity (Wildman–Crippen MR) is 61.6 cm³/mol. The van der Waals surface area contributed by atoms with E-state index in [4.69, 9.17) is 22.3 Å². The van der Waals surface area contributed by atoms with Crippen molar-refractivity contribution in [3.05, 3.63) is 41.7 Å². The molecule has 0 spiro atoms. The van der Waals surface area contributed by atoms with Gasteiger partial charge >= 0.3 is 0 Å². The first-order chi connectivity index (χ1) is 7.50. The average molecular weight is 277 g/mol. The van der Waals surface area contributed by atoms with Gasteiger partial charge in [-0.15, -0.1) is 0 Å². The molecule has 7 heteroatoms. The Bertz CT molecular complexity index is 608. The summed E-state index contributed by atoms with van der Waals surface area (Å²) in [5.74, 6) is 0. The lowest BCUT2D eigenvalue weighted by atomic mass is 10.3. The summed E-state index contributed by atoms with van der Waals surface area (Å²) in [7, 11) is 1.34. The third kappa shape index (κ3) is 2.07. The maximum atomic E-state index is 11.1. The van der Waals surface area contributed by atoms with Gasteiger partial charge in [-0.3, -0.25) is 0 Å². The second kappa shape index (κ2) is 4.08. The Morgan fingerprint density at radius 2 is 1.81 bits per heavy atom. The second-order valence-corrected chi connectivity index (χ2v) is 5.88. The van der Waals surface area contributed by atoms with Gasteiger partial charge in [0.05, 0.1) is 11.9 Å². The highest BCUT2D eigenvalue weighted by Crippen LogP contribution is 2.26. The van der Waals surface area contributed by atoms with E-state index in [1.165, 1.54) is 4.68 Å². The normalized spacial score (nSPS) is 11.6. The van der Waals surface area contributed by atoms with Crippen LogP contribution < -0.4 is 0 Å². The third-order valence-corrected chi connectivity index (χ3v) is 3.74. The van der Waals surface area contributed by atoms with Crippen LogP contribution in [0.4, 0.5) is 0 Å². The SMILES string of the molecule is O=S(=O)(Cl)c1cnn(-c2ccccc2)c1Cl. The minimum atomic E-state index is -3.86. The number of aromatic nitrogens is 2. The monoisotopic (exact) mass is 276 g/mol. The van der Waals surface area contributed by atoms with Crippen molar-refractivity contribution in [2.24, 2.45) is 0 Å². The summed E-state index contributed by atoms with van der Waals surface area (Å²) >= 11 is 5.88. The molecule has 0 saturated carbocycles. The minimum Gasteiger partial charge on any atom is -0.221 e. The minimum absolute atomic E-state index is 0.0267. The van der Waals surface area contributed by atoms with E-state index in [9.17, 15) is 8.42 Å². The molecular weight excluding hydrogens is 271 g/mol. The molecule has 0 unspecified atom stereocenters. The molecule has 0 N–H and O–H groups in total. The molecule has 0 aliphatic rings. The molecule has 0 radical (unpaired) electrons. The Labute approximate surface area is 102 Å². The third-order valence-electron chi connectivity index (χ3n) is 1.94. The van der Waals surface area contributed by atoms with Gasteiger partial charge in [-0.1, -0.05) is 29.8 Å². The largest absolute Gasteiger partial charge is 0.265 e. The number of halogens is 2. The highest BCUT2D eigenvalue weighted by atomic mass is 35.7. The molecule has 4 nitrogen and oxygen atoms in total. The molecule has 1 aromatic carbocycles. The van der Waals surface area contributed by atoms with Crippen LogP contribution in [0.15, 0.2) is 41.4 Å². The van der Waals surface area contributed by atoms with Crippen LogP contribution in [0.2, 0.25) is 5.15 Å². The van der Waals surface area contributed by atoms with E-state index in [2.05, 4.69) is 5.10 Å². The number of hydrogen-bond acceptors (Lipinski definition) is 3. The lowest BCUT2D eigenvalue weighted by Gasteiger charge is -2.01. The Balaban J connectivity index is 2.59. The molecule has 0 fully saturated rings. The standard InChI is InChI=1S/C9H6Cl2N2O2S/c10-9-8(16(11,14)15)6-12-13(9)7-4-2-1-3-5-7/h1-6H. The van der Waals surface area contributed by atoms with Crippen LogP contribution in [0.1, 0.15) is 0 Å².